The smallest absolute Gasteiger partial charge is 0.207 e. The Kier molecular flexibility index (Phi) is 6.29. The van der Waals surface area contributed by atoms with Gasteiger partial charge in [-0.15, -0.1) is 0 Å². The van der Waals surface area contributed by atoms with Crippen LogP contribution in [0.15, 0.2) is 0 Å². The van der Waals surface area contributed by atoms with E-state index in [0.29, 0.717) is 0 Å². The van der Waals surface area contributed by atoms with Crippen LogP contribution in [0.2, 0.25) is 0 Å². The van der Waals surface area contributed by atoms with Crippen molar-refractivity contribution < 1.29 is 14.0 Å². The van der Waals surface area contributed by atoms with Crippen LogP contribution in [-0.2, 0) is 9.47 Å². The lowest BCUT2D eigenvalue weighted by molar-refractivity contribution is -0.928. The summed E-state index contributed by atoms with van der Waals surface area (Å²) in [7, 11) is 3.40. The van der Waals surface area contributed by atoms with E-state index in [-0.39, 0.29) is 6.29 Å². The van der Waals surface area contributed by atoms with Gasteiger partial charge >= 0.3 is 0 Å². The molecule has 0 heterocycles. The number of hydrogen-bond acceptors (Lipinski definition) is 2. The van der Waals surface area contributed by atoms with Gasteiger partial charge in [0.25, 0.3) is 0 Å². The molecule has 3 heteroatoms. The molecule has 0 aliphatic rings. The van der Waals surface area contributed by atoms with Crippen molar-refractivity contribution in [3.8, 4) is 0 Å². The molecule has 0 unspecified atom stereocenters. The van der Waals surface area contributed by atoms with E-state index in [9.17, 15) is 0 Å². The minimum atomic E-state index is -0.0696. The van der Waals surface area contributed by atoms with Gasteiger partial charge in [0.1, 0.15) is 6.54 Å². The van der Waals surface area contributed by atoms with E-state index >= 15 is 0 Å². The highest BCUT2D eigenvalue weighted by Crippen LogP contribution is 2.09. The van der Waals surface area contributed by atoms with E-state index in [0.717, 1.165) is 30.7 Å². The molecule has 0 aliphatic heterocycles. The number of likely N-dealkylation sites (N-methyl/N-ethyl adjacent to an activating group) is 1. The lowest BCUT2D eigenvalue weighted by atomic mass is 10.3. The Morgan fingerprint density at radius 1 is 0.923 bits per heavy atom. The van der Waals surface area contributed by atoms with Gasteiger partial charge < -0.3 is 14.0 Å². The van der Waals surface area contributed by atoms with Crippen LogP contribution >= 0.6 is 0 Å². The van der Waals surface area contributed by atoms with Crippen LogP contribution in [0.1, 0.15) is 20.8 Å². The number of rotatable bonds is 7. The van der Waals surface area contributed by atoms with Gasteiger partial charge in [0.2, 0.25) is 6.29 Å². The SMILES string of the molecule is CC[N+](CC)(CC)CC(OC)OC. The molecule has 0 atom stereocenters. The molecule has 13 heavy (non-hydrogen) atoms. The highest BCUT2D eigenvalue weighted by atomic mass is 16.7. The average molecular weight is 190 g/mol. The lowest BCUT2D eigenvalue weighted by Crippen LogP contribution is -2.52. The van der Waals surface area contributed by atoms with Crippen molar-refractivity contribution in [1.29, 1.82) is 0 Å². The largest absolute Gasteiger partial charge is 0.351 e. The molecule has 0 bridgehead atoms. The molecule has 0 saturated heterocycles. The van der Waals surface area contributed by atoms with Gasteiger partial charge in [0, 0.05) is 14.2 Å². The number of ether oxygens (including phenoxy) is 2. The van der Waals surface area contributed by atoms with Crippen molar-refractivity contribution in [2.45, 2.75) is 27.1 Å². The zero-order chi connectivity index (χ0) is 10.3. The van der Waals surface area contributed by atoms with Crippen molar-refractivity contribution in [2.24, 2.45) is 0 Å². The molecule has 0 radical (unpaired) electrons. The Balaban J connectivity index is 4.21. The summed E-state index contributed by atoms with van der Waals surface area (Å²) in [5.41, 5.74) is 0. The molecule has 0 spiro atoms. The van der Waals surface area contributed by atoms with Gasteiger partial charge in [0.15, 0.2) is 0 Å². The van der Waals surface area contributed by atoms with E-state index in [1.165, 1.54) is 0 Å². The third kappa shape index (κ3) is 3.63. The zero-order valence-corrected chi connectivity index (χ0v) is 9.67. The summed E-state index contributed by atoms with van der Waals surface area (Å²) >= 11 is 0. The monoisotopic (exact) mass is 190 g/mol. The summed E-state index contributed by atoms with van der Waals surface area (Å²) in [5, 5.41) is 0. The average Bonchev–Trinajstić information content (AvgIpc) is 2.21. The van der Waals surface area contributed by atoms with Crippen molar-refractivity contribution in [2.75, 3.05) is 40.4 Å². The fourth-order valence-electron chi connectivity index (χ4n) is 1.62. The van der Waals surface area contributed by atoms with E-state index in [4.69, 9.17) is 9.47 Å². The molecule has 0 amide bonds. The normalized spacial score (nSPS) is 12.5. The van der Waals surface area contributed by atoms with Crippen LogP contribution in [-0.4, -0.2) is 51.2 Å². The summed E-state index contributed by atoms with van der Waals surface area (Å²) in [6, 6.07) is 0. The number of methoxy groups -OCH3 is 2. The third-order valence-electron chi connectivity index (χ3n) is 3.07. The molecule has 3 nitrogen and oxygen atoms in total. The van der Waals surface area contributed by atoms with Crippen LogP contribution in [0.25, 0.3) is 0 Å². The second-order valence-corrected chi connectivity index (χ2v) is 3.37. The van der Waals surface area contributed by atoms with Crippen LogP contribution in [0.5, 0.6) is 0 Å². The summed E-state index contributed by atoms with van der Waals surface area (Å²) in [4.78, 5) is 0. The van der Waals surface area contributed by atoms with E-state index in [1.807, 2.05) is 0 Å². The maximum atomic E-state index is 5.22. The van der Waals surface area contributed by atoms with Gasteiger partial charge in [-0.25, -0.2) is 0 Å². The first-order valence-electron chi connectivity index (χ1n) is 5.08. The number of nitrogens with zero attached hydrogens (tertiary/aromatic N) is 1. The second-order valence-electron chi connectivity index (χ2n) is 3.37. The third-order valence-corrected chi connectivity index (χ3v) is 3.07. The number of hydrogen-bond donors (Lipinski definition) is 0. The molecule has 0 N–H and O–H groups in total. The minimum absolute atomic E-state index is 0.0696. The predicted molar refractivity (Wildman–Crippen MR) is 54.6 cm³/mol. The highest BCUT2D eigenvalue weighted by Gasteiger charge is 2.25. The molecule has 0 fully saturated rings. The number of quaternary nitrogens is 1. The van der Waals surface area contributed by atoms with Crippen LogP contribution in [0.3, 0.4) is 0 Å². The summed E-state index contributed by atoms with van der Waals surface area (Å²) < 4.78 is 11.5. The summed E-state index contributed by atoms with van der Waals surface area (Å²) in [5.74, 6) is 0. The first kappa shape index (κ1) is 12.9. The topological polar surface area (TPSA) is 18.5 Å². The van der Waals surface area contributed by atoms with E-state index in [2.05, 4.69) is 20.8 Å². The fraction of sp³-hybridized carbons (Fsp3) is 1.00. The van der Waals surface area contributed by atoms with E-state index < -0.39 is 0 Å². The standard InChI is InChI=1S/C10H24NO2/c1-6-11(7-2,8-3)9-10(12-4)13-5/h10H,6-9H2,1-5H3/q+1. The molecule has 0 saturated carbocycles. The molecular weight excluding hydrogens is 166 g/mol. The highest BCUT2D eigenvalue weighted by molar-refractivity contribution is 4.43. The lowest BCUT2D eigenvalue weighted by Gasteiger charge is -2.37. The van der Waals surface area contributed by atoms with Crippen molar-refractivity contribution in [1.82, 2.24) is 0 Å². The van der Waals surface area contributed by atoms with Gasteiger partial charge in [-0.3, -0.25) is 0 Å². The maximum Gasteiger partial charge on any atom is 0.207 e. The van der Waals surface area contributed by atoms with E-state index in [1.54, 1.807) is 14.2 Å². The van der Waals surface area contributed by atoms with Crippen molar-refractivity contribution in [3.05, 3.63) is 0 Å². The first-order valence-corrected chi connectivity index (χ1v) is 5.08. The Hall–Kier alpha value is -0.120. The molecule has 0 aromatic carbocycles. The second kappa shape index (κ2) is 6.35. The quantitative estimate of drug-likeness (QED) is 0.447. The fourth-order valence-corrected chi connectivity index (χ4v) is 1.62. The molecule has 80 valence electrons. The van der Waals surface area contributed by atoms with Gasteiger partial charge in [0.05, 0.1) is 19.6 Å². The Labute approximate surface area is 82.2 Å². The van der Waals surface area contributed by atoms with Gasteiger partial charge in [-0.05, 0) is 20.8 Å². The Bertz CT molecular complexity index is 112. The van der Waals surface area contributed by atoms with Gasteiger partial charge in [-0.2, -0.15) is 0 Å². The molecule has 0 rings (SSSR count). The van der Waals surface area contributed by atoms with Crippen LogP contribution in [0.4, 0.5) is 0 Å². The summed E-state index contributed by atoms with van der Waals surface area (Å²) in [6.07, 6.45) is -0.0696. The molecule has 0 aliphatic carbocycles. The van der Waals surface area contributed by atoms with Gasteiger partial charge in [-0.1, -0.05) is 0 Å². The van der Waals surface area contributed by atoms with Crippen LogP contribution in [0, 0.1) is 0 Å². The first-order chi connectivity index (χ1) is 6.17. The molecular formula is C10H24NO2+. The van der Waals surface area contributed by atoms with Crippen molar-refractivity contribution in [3.63, 3.8) is 0 Å². The predicted octanol–water partition coefficient (Wildman–Crippen LogP) is 1.48. The molecule has 0 aromatic rings. The molecule has 0 aromatic heterocycles. The van der Waals surface area contributed by atoms with Crippen LogP contribution < -0.4 is 0 Å². The Morgan fingerprint density at radius 3 is 1.54 bits per heavy atom. The summed E-state index contributed by atoms with van der Waals surface area (Å²) in [6.45, 7) is 11.0. The maximum absolute atomic E-state index is 5.22. The Morgan fingerprint density at radius 2 is 1.31 bits per heavy atom. The minimum Gasteiger partial charge on any atom is -0.351 e. The zero-order valence-electron chi connectivity index (χ0n) is 9.67. The van der Waals surface area contributed by atoms with Crippen molar-refractivity contribution >= 4 is 0 Å².